The molecule has 270 valence electrons. The third-order valence-electron chi connectivity index (χ3n) is 13.4. The summed E-state index contributed by atoms with van der Waals surface area (Å²) >= 11 is 0. The summed E-state index contributed by atoms with van der Waals surface area (Å²) in [5.74, 6) is 0. The summed E-state index contributed by atoms with van der Waals surface area (Å²) in [4.78, 5) is 4.92. The number of anilines is 6. The maximum Gasteiger partial charge on any atom is 0.0754 e. The second kappa shape index (κ2) is 11.6. The third kappa shape index (κ3) is 3.78. The third-order valence-corrected chi connectivity index (χ3v) is 13.4. The lowest BCUT2D eigenvalue weighted by molar-refractivity contribution is 0.744. The number of hydrogen-bond donors (Lipinski definition) is 0. The highest BCUT2D eigenvalue weighted by Crippen LogP contribution is 2.68. The molecule has 2 aliphatic carbocycles. The maximum absolute atomic E-state index is 2.60. The summed E-state index contributed by atoms with van der Waals surface area (Å²) in [6.45, 7) is 0. The molecule has 2 heteroatoms. The van der Waals surface area contributed by atoms with Crippen LogP contribution in [0.1, 0.15) is 44.5 Å². The van der Waals surface area contributed by atoms with Crippen LogP contribution in [0, 0.1) is 0 Å². The van der Waals surface area contributed by atoms with E-state index in [9.17, 15) is 0 Å². The van der Waals surface area contributed by atoms with E-state index in [0.717, 1.165) is 11.4 Å². The van der Waals surface area contributed by atoms with E-state index < -0.39 is 10.8 Å². The topological polar surface area (TPSA) is 6.48 Å². The Hall–Kier alpha value is -7.42. The Kier molecular flexibility index (Phi) is 6.33. The van der Waals surface area contributed by atoms with E-state index in [1.54, 1.807) is 0 Å². The first kappa shape index (κ1) is 31.7. The van der Waals surface area contributed by atoms with Crippen LogP contribution in [0.4, 0.5) is 34.1 Å². The van der Waals surface area contributed by atoms with Crippen molar-refractivity contribution in [2.24, 2.45) is 0 Å². The van der Waals surface area contributed by atoms with Crippen molar-refractivity contribution in [3.8, 4) is 22.3 Å². The number of hydrogen-bond acceptors (Lipinski definition) is 2. The highest BCUT2D eigenvalue weighted by atomic mass is 15.2. The van der Waals surface area contributed by atoms with Gasteiger partial charge in [-0.1, -0.05) is 158 Å². The van der Waals surface area contributed by atoms with Gasteiger partial charge in [-0.25, -0.2) is 0 Å². The van der Waals surface area contributed by atoms with Gasteiger partial charge in [-0.2, -0.15) is 0 Å². The largest absolute Gasteiger partial charge is 0.310 e. The summed E-state index contributed by atoms with van der Waals surface area (Å²) in [6.07, 6.45) is 0. The lowest BCUT2D eigenvalue weighted by atomic mass is 9.63. The lowest BCUT2D eigenvalue weighted by Gasteiger charge is -2.45. The standard InChI is InChI=1S/C56H36N2/c1-3-19-37(20-4-1)57-51-31-15-11-27-45(51)55(46-28-12-16-32-52(46)57)43-25-9-7-23-39(43)41-36-50-42(35-49(41)55)40-24-8-10-26-44(40)56(50)47-29-13-17-33-53(47)58(38-21-5-2-6-22-38)54-34-18-14-30-48(54)56/h1-36H. The Morgan fingerprint density at radius 3 is 0.845 bits per heavy atom. The molecule has 58 heavy (non-hydrogen) atoms. The van der Waals surface area contributed by atoms with Gasteiger partial charge in [-0.15, -0.1) is 0 Å². The lowest BCUT2D eigenvalue weighted by Crippen LogP contribution is -2.37. The van der Waals surface area contributed by atoms with Crippen molar-refractivity contribution in [1.82, 2.24) is 0 Å². The SMILES string of the molecule is c1ccc(N2c3ccccc3C3(c4ccccc4-c4cc5c(cc43)-c3ccccc3C53c4ccccc4N(c4ccccc4)c4ccccc43)c3ccccc32)cc1. The van der Waals surface area contributed by atoms with Crippen molar-refractivity contribution in [3.05, 3.63) is 263 Å². The first-order valence-electron chi connectivity index (χ1n) is 20.3. The highest BCUT2D eigenvalue weighted by molar-refractivity contribution is 6.01. The molecule has 9 aromatic carbocycles. The van der Waals surface area contributed by atoms with Crippen LogP contribution in [0.3, 0.4) is 0 Å². The Bertz CT molecular complexity index is 2830. The van der Waals surface area contributed by atoms with Crippen molar-refractivity contribution < 1.29 is 0 Å². The second-order valence-corrected chi connectivity index (χ2v) is 15.9. The first-order chi connectivity index (χ1) is 28.8. The molecule has 0 bridgehead atoms. The molecule has 2 nitrogen and oxygen atoms in total. The second-order valence-electron chi connectivity index (χ2n) is 15.9. The van der Waals surface area contributed by atoms with Gasteiger partial charge in [0.2, 0.25) is 0 Å². The summed E-state index contributed by atoms with van der Waals surface area (Å²) < 4.78 is 0. The molecule has 13 rings (SSSR count). The fraction of sp³-hybridized carbons (Fsp3) is 0.0357. The molecule has 2 aliphatic heterocycles. The van der Waals surface area contributed by atoms with Gasteiger partial charge in [0.05, 0.1) is 33.6 Å². The molecule has 0 unspecified atom stereocenters. The van der Waals surface area contributed by atoms with Gasteiger partial charge in [-0.05, 0) is 127 Å². The quantitative estimate of drug-likeness (QED) is 0.174. The summed E-state index contributed by atoms with van der Waals surface area (Å²) in [7, 11) is 0. The Morgan fingerprint density at radius 2 is 0.500 bits per heavy atom. The zero-order valence-electron chi connectivity index (χ0n) is 31.7. The molecular weight excluding hydrogens is 701 g/mol. The van der Waals surface area contributed by atoms with Gasteiger partial charge in [0.1, 0.15) is 0 Å². The van der Waals surface area contributed by atoms with Gasteiger partial charge in [-0.3, -0.25) is 0 Å². The molecule has 9 aromatic rings. The smallest absolute Gasteiger partial charge is 0.0754 e. The molecule has 0 saturated heterocycles. The fourth-order valence-electron chi connectivity index (χ4n) is 11.4. The van der Waals surface area contributed by atoms with Gasteiger partial charge in [0.15, 0.2) is 0 Å². The number of benzene rings is 9. The van der Waals surface area contributed by atoms with Gasteiger partial charge < -0.3 is 9.80 Å². The molecule has 0 atom stereocenters. The zero-order valence-corrected chi connectivity index (χ0v) is 31.7. The predicted molar refractivity (Wildman–Crippen MR) is 238 cm³/mol. The Labute approximate surface area is 338 Å². The minimum Gasteiger partial charge on any atom is -0.310 e. The van der Waals surface area contributed by atoms with E-state index in [-0.39, 0.29) is 0 Å². The van der Waals surface area contributed by atoms with Crippen LogP contribution in [-0.2, 0) is 10.8 Å². The molecule has 0 radical (unpaired) electrons. The van der Waals surface area contributed by atoms with E-state index in [0.29, 0.717) is 0 Å². The number of fused-ring (bicyclic) bond motifs is 18. The molecule has 2 spiro atoms. The molecule has 0 amide bonds. The van der Waals surface area contributed by atoms with Crippen LogP contribution in [-0.4, -0.2) is 0 Å². The molecule has 4 aliphatic rings. The molecule has 0 saturated carbocycles. The van der Waals surface area contributed by atoms with Crippen LogP contribution in [0.5, 0.6) is 0 Å². The minimum atomic E-state index is -0.531. The first-order valence-corrected chi connectivity index (χ1v) is 20.3. The maximum atomic E-state index is 2.60. The average molecular weight is 737 g/mol. The number of nitrogens with zero attached hydrogens (tertiary/aromatic N) is 2. The number of rotatable bonds is 2. The molecule has 0 fully saturated rings. The summed E-state index contributed by atoms with van der Waals surface area (Å²) in [6, 6.07) is 81.7. The van der Waals surface area contributed by atoms with Crippen molar-refractivity contribution in [1.29, 1.82) is 0 Å². The van der Waals surface area contributed by atoms with Crippen LogP contribution in [0.25, 0.3) is 22.3 Å². The van der Waals surface area contributed by atoms with Gasteiger partial charge >= 0.3 is 0 Å². The van der Waals surface area contributed by atoms with Crippen molar-refractivity contribution in [3.63, 3.8) is 0 Å². The summed E-state index contributed by atoms with van der Waals surface area (Å²) in [5, 5.41) is 0. The van der Waals surface area contributed by atoms with Gasteiger partial charge in [0.25, 0.3) is 0 Å². The zero-order chi connectivity index (χ0) is 38.0. The monoisotopic (exact) mass is 736 g/mol. The molecular formula is C56H36N2. The van der Waals surface area contributed by atoms with E-state index in [2.05, 4.69) is 228 Å². The van der Waals surface area contributed by atoms with E-state index in [1.165, 1.54) is 89.5 Å². The Balaban J connectivity index is 1.16. The fourth-order valence-corrected chi connectivity index (χ4v) is 11.4. The van der Waals surface area contributed by atoms with Crippen LogP contribution in [0.15, 0.2) is 218 Å². The Morgan fingerprint density at radius 1 is 0.224 bits per heavy atom. The van der Waals surface area contributed by atoms with E-state index >= 15 is 0 Å². The summed E-state index contributed by atoms with van der Waals surface area (Å²) in [5.41, 5.74) is 21.9. The molecule has 0 N–H and O–H groups in total. The average Bonchev–Trinajstić information content (AvgIpc) is 3.74. The molecule has 2 heterocycles. The normalized spacial score (nSPS) is 15.1. The predicted octanol–water partition coefficient (Wildman–Crippen LogP) is 14.0. The van der Waals surface area contributed by atoms with Crippen LogP contribution < -0.4 is 9.80 Å². The van der Waals surface area contributed by atoms with Gasteiger partial charge in [0, 0.05) is 11.4 Å². The van der Waals surface area contributed by atoms with Crippen molar-refractivity contribution in [2.75, 3.05) is 9.80 Å². The minimum absolute atomic E-state index is 0.531. The number of para-hydroxylation sites is 6. The molecule has 0 aromatic heterocycles. The van der Waals surface area contributed by atoms with Crippen LogP contribution in [0.2, 0.25) is 0 Å². The van der Waals surface area contributed by atoms with E-state index in [4.69, 9.17) is 0 Å². The highest BCUT2D eigenvalue weighted by Gasteiger charge is 2.56. The van der Waals surface area contributed by atoms with Crippen molar-refractivity contribution >= 4 is 34.1 Å². The van der Waals surface area contributed by atoms with E-state index in [1.807, 2.05) is 0 Å². The van der Waals surface area contributed by atoms with Crippen molar-refractivity contribution in [2.45, 2.75) is 10.8 Å². The van der Waals surface area contributed by atoms with Crippen LogP contribution >= 0.6 is 0 Å².